The first-order valence-corrected chi connectivity index (χ1v) is 5.79. The maximum Gasteiger partial charge on any atom is 0.247 e. The average Bonchev–Trinajstić information content (AvgIpc) is 2.71. The van der Waals surface area contributed by atoms with E-state index in [1.165, 1.54) is 5.56 Å². The van der Waals surface area contributed by atoms with Crippen molar-refractivity contribution in [1.29, 1.82) is 0 Å². The highest BCUT2D eigenvalue weighted by Gasteiger charge is 2.08. The maximum absolute atomic E-state index is 5.48. The molecule has 0 amide bonds. The van der Waals surface area contributed by atoms with Crippen molar-refractivity contribution < 1.29 is 4.42 Å². The van der Waals surface area contributed by atoms with Crippen LogP contribution in [0.15, 0.2) is 27.1 Å². The fourth-order valence-electron chi connectivity index (χ4n) is 1.32. The van der Waals surface area contributed by atoms with Crippen LogP contribution in [0.5, 0.6) is 0 Å². The molecule has 1 aromatic heterocycles. The molecule has 1 aromatic carbocycles. The molecule has 84 valence electrons. The second kappa shape index (κ2) is 4.76. The Kier molecular flexibility index (Phi) is 3.36. The van der Waals surface area contributed by atoms with E-state index in [0.29, 0.717) is 24.7 Å². The molecule has 0 atom stereocenters. The second-order valence-electron chi connectivity index (χ2n) is 3.50. The van der Waals surface area contributed by atoms with Crippen molar-refractivity contribution in [3.63, 3.8) is 0 Å². The summed E-state index contributed by atoms with van der Waals surface area (Å²) in [5.74, 6) is 1.11. The molecule has 0 radical (unpaired) electrons. The number of nitrogens with zero attached hydrogens (tertiary/aromatic N) is 2. The maximum atomic E-state index is 5.48. The van der Waals surface area contributed by atoms with Crippen molar-refractivity contribution in [3.8, 4) is 11.5 Å². The van der Waals surface area contributed by atoms with E-state index < -0.39 is 0 Å². The van der Waals surface area contributed by atoms with E-state index in [4.69, 9.17) is 10.2 Å². The Hall–Kier alpha value is -1.20. The number of hydrogen-bond donors (Lipinski definition) is 1. The molecular weight excluding hydrogens is 270 g/mol. The SMILES string of the molecule is Cc1ccc(-c2nnc(CCN)o2)cc1Br. The fourth-order valence-corrected chi connectivity index (χ4v) is 1.70. The lowest BCUT2D eigenvalue weighted by molar-refractivity contribution is 0.507. The third-order valence-corrected chi connectivity index (χ3v) is 3.10. The Morgan fingerprint density at radius 2 is 2.19 bits per heavy atom. The van der Waals surface area contributed by atoms with Gasteiger partial charge in [0, 0.05) is 23.0 Å². The number of benzene rings is 1. The van der Waals surface area contributed by atoms with Crippen LogP contribution in [-0.4, -0.2) is 16.7 Å². The zero-order valence-electron chi connectivity index (χ0n) is 8.90. The molecular formula is C11H12BrN3O. The van der Waals surface area contributed by atoms with Crippen LogP contribution >= 0.6 is 15.9 Å². The molecule has 4 nitrogen and oxygen atoms in total. The standard InChI is InChI=1S/C11H12BrN3O/c1-7-2-3-8(6-9(7)12)11-15-14-10(16-11)4-5-13/h2-3,6H,4-5,13H2,1H3. The van der Waals surface area contributed by atoms with Crippen LogP contribution in [0.3, 0.4) is 0 Å². The van der Waals surface area contributed by atoms with E-state index in [2.05, 4.69) is 26.1 Å². The van der Waals surface area contributed by atoms with Gasteiger partial charge in [-0.15, -0.1) is 10.2 Å². The molecule has 0 saturated carbocycles. The van der Waals surface area contributed by atoms with Gasteiger partial charge in [0.15, 0.2) is 0 Å². The third-order valence-electron chi connectivity index (χ3n) is 2.24. The summed E-state index contributed by atoms with van der Waals surface area (Å²) in [4.78, 5) is 0. The van der Waals surface area contributed by atoms with Crippen LogP contribution in [0.1, 0.15) is 11.5 Å². The number of nitrogens with two attached hydrogens (primary N) is 1. The Bertz CT molecular complexity index is 496. The second-order valence-corrected chi connectivity index (χ2v) is 4.36. The van der Waals surface area contributed by atoms with Crippen molar-refractivity contribution in [1.82, 2.24) is 10.2 Å². The largest absolute Gasteiger partial charge is 0.421 e. The first-order valence-electron chi connectivity index (χ1n) is 4.99. The van der Waals surface area contributed by atoms with Crippen molar-refractivity contribution in [2.75, 3.05) is 6.54 Å². The molecule has 0 aliphatic heterocycles. The number of aromatic nitrogens is 2. The zero-order valence-corrected chi connectivity index (χ0v) is 10.5. The fraction of sp³-hybridized carbons (Fsp3) is 0.273. The van der Waals surface area contributed by atoms with Gasteiger partial charge < -0.3 is 10.2 Å². The normalized spacial score (nSPS) is 10.7. The summed E-state index contributed by atoms with van der Waals surface area (Å²) < 4.78 is 6.51. The van der Waals surface area contributed by atoms with Crippen LogP contribution in [0.25, 0.3) is 11.5 Å². The first kappa shape index (κ1) is 11.3. The number of hydrogen-bond acceptors (Lipinski definition) is 4. The Morgan fingerprint density at radius 3 is 2.88 bits per heavy atom. The van der Waals surface area contributed by atoms with Crippen molar-refractivity contribution >= 4 is 15.9 Å². The van der Waals surface area contributed by atoms with E-state index in [1.54, 1.807) is 0 Å². The minimum atomic E-state index is 0.513. The Labute approximate surface area is 102 Å². The molecule has 0 aliphatic carbocycles. The highest BCUT2D eigenvalue weighted by molar-refractivity contribution is 9.10. The summed E-state index contributed by atoms with van der Waals surface area (Å²) in [5, 5.41) is 7.91. The van der Waals surface area contributed by atoms with Gasteiger partial charge in [-0.1, -0.05) is 22.0 Å². The number of aryl methyl sites for hydroxylation is 1. The van der Waals surface area contributed by atoms with Gasteiger partial charge in [-0.3, -0.25) is 0 Å². The van der Waals surface area contributed by atoms with Gasteiger partial charge in [-0.2, -0.15) is 0 Å². The van der Waals surface area contributed by atoms with Crippen LogP contribution in [0.2, 0.25) is 0 Å². The minimum absolute atomic E-state index is 0.513. The smallest absolute Gasteiger partial charge is 0.247 e. The summed E-state index contributed by atoms with van der Waals surface area (Å²) >= 11 is 3.47. The van der Waals surface area contributed by atoms with Gasteiger partial charge in [0.25, 0.3) is 0 Å². The highest BCUT2D eigenvalue weighted by Crippen LogP contribution is 2.24. The van der Waals surface area contributed by atoms with E-state index in [9.17, 15) is 0 Å². The summed E-state index contributed by atoms with van der Waals surface area (Å²) in [6.07, 6.45) is 0.611. The Morgan fingerprint density at radius 1 is 1.38 bits per heavy atom. The molecule has 0 aliphatic rings. The van der Waals surface area contributed by atoms with Gasteiger partial charge in [0.1, 0.15) is 0 Å². The van der Waals surface area contributed by atoms with Crippen molar-refractivity contribution in [3.05, 3.63) is 34.1 Å². The lowest BCUT2D eigenvalue weighted by Crippen LogP contribution is -2.02. The van der Waals surface area contributed by atoms with Crippen LogP contribution in [0.4, 0.5) is 0 Å². The number of rotatable bonds is 3. The van der Waals surface area contributed by atoms with Crippen LogP contribution in [-0.2, 0) is 6.42 Å². The molecule has 0 saturated heterocycles. The molecule has 0 spiro atoms. The zero-order chi connectivity index (χ0) is 11.5. The topological polar surface area (TPSA) is 64.9 Å². The van der Waals surface area contributed by atoms with Crippen LogP contribution in [0, 0.1) is 6.92 Å². The molecule has 1 heterocycles. The Balaban J connectivity index is 2.31. The van der Waals surface area contributed by atoms with E-state index in [1.807, 2.05) is 25.1 Å². The van der Waals surface area contributed by atoms with Gasteiger partial charge in [0.2, 0.25) is 11.8 Å². The molecule has 5 heteroatoms. The summed E-state index contributed by atoms with van der Waals surface area (Å²) in [5.41, 5.74) is 7.50. The summed E-state index contributed by atoms with van der Waals surface area (Å²) in [6.45, 7) is 2.54. The van der Waals surface area contributed by atoms with E-state index in [-0.39, 0.29) is 0 Å². The minimum Gasteiger partial charge on any atom is -0.421 e. The summed E-state index contributed by atoms with van der Waals surface area (Å²) in [7, 11) is 0. The molecule has 2 rings (SSSR count). The highest BCUT2D eigenvalue weighted by atomic mass is 79.9. The molecule has 16 heavy (non-hydrogen) atoms. The lowest BCUT2D eigenvalue weighted by Gasteiger charge is -1.99. The average molecular weight is 282 g/mol. The summed E-state index contributed by atoms with van der Waals surface area (Å²) in [6, 6.07) is 5.93. The van der Waals surface area contributed by atoms with Crippen molar-refractivity contribution in [2.45, 2.75) is 13.3 Å². The van der Waals surface area contributed by atoms with Crippen molar-refractivity contribution in [2.24, 2.45) is 5.73 Å². The number of halogens is 1. The predicted molar refractivity (Wildman–Crippen MR) is 64.9 cm³/mol. The third kappa shape index (κ3) is 2.31. The molecule has 2 aromatic rings. The monoisotopic (exact) mass is 281 g/mol. The lowest BCUT2D eigenvalue weighted by atomic mass is 10.1. The molecule has 0 bridgehead atoms. The van der Waals surface area contributed by atoms with E-state index in [0.717, 1.165) is 10.0 Å². The molecule has 0 fully saturated rings. The quantitative estimate of drug-likeness (QED) is 0.938. The van der Waals surface area contributed by atoms with Crippen LogP contribution < -0.4 is 5.73 Å². The van der Waals surface area contributed by atoms with Gasteiger partial charge in [-0.05, 0) is 24.6 Å². The molecule has 2 N–H and O–H groups in total. The van der Waals surface area contributed by atoms with Gasteiger partial charge in [-0.25, -0.2) is 0 Å². The molecule has 0 unspecified atom stereocenters. The predicted octanol–water partition coefficient (Wildman–Crippen LogP) is 2.31. The van der Waals surface area contributed by atoms with Gasteiger partial charge in [0.05, 0.1) is 0 Å². The first-order chi connectivity index (χ1) is 7.70. The van der Waals surface area contributed by atoms with E-state index >= 15 is 0 Å². The van der Waals surface area contributed by atoms with Gasteiger partial charge >= 0.3 is 0 Å².